The Balaban J connectivity index is 1.92. The van der Waals surface area contributed by atoms with Gasteiger partial charge in [-0.05, 0) is 42.5 Å². The summed E-state index contributed by atoms with van der Waals surface area (Å²) in [5.74, 6) is -0.574. The van der Waals surface area contributed by atoms with Crippen LogP contribution in [0.2, 0.25) is 0 Å². The summed E-state index contributed by atoms with van der Waals surface area (Å²) < 4.78 is 33.3. The van der Waals surface area contributed by atoms with Crippen LogP contribution in [0.4, 0.5) is 5.69 Å². The number of aromatic nitrogens is 1. The van der Waals surface area contributed by atoms with E-state index in [9.17, 15) is 18.0 Å². The van der Waals surface area contributed by atoms with E-state index >= 15 is 0 Å². The van der Waals surface area contributed by atoms with Gasteiger partial charge in [0.1, 0.15) is 0 Å². The molecule has 3 aromatic rings. The second kappa shape index (κ2) is 7.46. The molecule has 27 heavy (non-hydrogen) atoms. The van der Waals surface area contributed by atoms with Crippen molar-refractivity contribution in [2.75, 3.05) is 11.8 Å². The van der Waals surface area contributed by atoms with E-state index in [2.05, 4.69) is 9.46 Å². The highest BCUT2D eigenvalue weighted by molar-refractivity contribution is 7.92. The van der Waals surface area contributed by atoms with Crippen LogP contribution in [0.3, 0.4) is 0 Å². The van der Waals surface area contributed by atoms with Crippen LogP contribution in [0.5, 0.6) is 0 Å². The van der Waals surface area contributed by atoms with E-state index < -0.39 is 16.0 Å². The molecule has 0 bridgehead atoms. The summed E-state index contributed by atoms with van der Waals surface area (Å²) in [6.07, 6.45) is 1.35. The number of esters is 1. The summed E-state index contributed by atoms with van der Waals surface area (Å²) in [6, 6.07) is 16.9. The number of para-hydroxylation sites is 1. The molecular weight excluding hydrogens is 368 g/mol. The molecule has 0 saturated carbocycles. The minimum Gasteiger partial charge on any atom is -0.465 e. The molecule has 0 atom stereocenters. The molecule has 3 rings (SSSR count). The third kappa shape index (κ3) is 4.06. The van der Waals surface area contributed by atoms with Crippen molar-refractivity contribution in [1.29, 1.82) is 0 Å². The van der Waals surface area contributed by atoms with Gasteiger partial charge in [0.15, 0.2) is 0 Å². The summed E-state index contributed by atoms with van der Waals surface area (Å²) in [7, 11) is -2.51. The first-order valence-electron chi connectivity index (χ1n) is 7.90. The minimum absolute atomic E-state index is 0.0484. The van der Waals surface area contributed by atoms with Crippen molar-refractivity contribution in [2.45, 2.75) is 4.90 Å². The lowest BCUT2D eigenvalue weighted by Crippen LogP contribution is -2.19. The van der Waals surface area contributed by atoms with Gasteiger partial charge in [0, 0.05) is 23.6 Å². The van der Waals surface area contributed by atoms with Crippen LogP contribution in [0.25, 0.3) is 5.69 Å². The molecule has 0 aliphatic heterocycles. The Morgan fingerprint density at radius 2 is 1.63 bits per heavy atom. The average molecular weight is 384 g/mol. The highest BCUT2D eigenvalue weighted by Crippen LogP contribution is 2.17. The number of hydrogen-bond donors (Lipinski definition) is 1. The highest BCUT2D eigenvalue weighted by atomic mass is 32.2. The SMILES string of the molecule is COC(=O)c1ccc(=O)n(-c2ccc(S(=O)(=O)Nc3ccccc3)cc2)c1. The maximum atomic E-state index is 12.5. The largest absolute Gasteiger partial charge is 0.465 e. The number of methoxy groups -OCH3 is 1. The van der Waals surface area contributed by atoms with Gasteiger partial charge in [-0.25, -0.2) is 13.2 Å². The average Bonchev–Trinajstić information content (AvgIpc) is 2.68. The fourth-order valence-electron chi connectivity index (χ4n) is 2.43. The lowest BCUT2D eigenvalue weighted by molar-refractivity contribution is 0.0600. The Morgan fingerprint density at radius 1 is 0.963 bits per heavy atom. The smallest absolute Gasteiger partial charge is 0.339 e. The molecule has 1 aromatic heterocycles. The molecule has 0 saturated heterocycles. The van der Waals surface area contributed by atoms with E-state index in [0.717, 1.165) is 0 Å². The third-order valence-electron chi connectivity index (χ3n) is 3.78. The van der Waals surface area contributed by atoms with Crippen LogP contribution in [-0.2, 0) is 14.8 Å². The number of nitrogens with one attached hydrogen (secondary N) is 1. The molecule has 0 radical (unpaired) electrons. The van der Waals surface area contributed by atoms with Crippen LogP contribution in [0.15, 0.2) is 82.6 Å². The number of hydrogen-bond acceptors (Lipinski definition) is 5. The number of carbonyl (C=O) groups is 1. The van der Waals surface area contributed by atoms with Crippen molar-refractivity contribution in [1.82, 2.24) is 4.57 Å². The summed E-state index contributed by atoms with van der Waals surface area (Å²) in [6.45, 7) is 0. The molecule has 0 amide bonds. The number of ether oxygens (including phenoxy) is 1. The Kier molecular flexibility index (Phi) is 5.09. The van der Waals surface area contributed by atoms with Gasteiger partial charge in [-0.3, -0.25) is 14.1 Å². The summed E-state index contributed by atoms with van der Waals surface area (Å²) in [5.41, 5.74) is 0.716. The Morgan fingerprint density at radius 3 is 2.26 bits per heavy atom. The summed E-state index contributed by atoms with van der Waals surface area (Å²) in [4.78, 5) is 23.8. The molecule has 7 nitrogen and oxygen atoms in total. The topological polar surface area (TPSA) is 94.5 Å². The van der Waals surface area contributed by atoms with Gasteiger partial charge < -0.3 is 4.74 Å². The summed E-state index contributed by atoms with van der Waals surface area (Å²) in [5, 5.41) is 0. The van der Waals surface area contributed by atoms with Crippen molar-refractivity contribution in [3.63, 3.8) is 0 Å². The van der Waals surface area contributed by atoms with Gasteiger partial charge in [-0.15, -0.1) is 0 Å². The van der Waals surface area contributed by atoms with Crippen LogP contribution in [0.1, 0.15) is 10.4 Å². The Bertz CT molecular complexity index is 1120. The fourth-order valence-corrected chi connectivity index (χ4v) is 3.49. The zero-order valence-electron chi connectivity index (χ0n) is 14.3. The lowest BCUT2D eigenvalue weighted by atomic mass is 10.2. The first-order valence-corrected chi connectivity index (χ1v) is 9.38. The quantitative estimate of drug-likeness (QED) is 0.682. The number of nitrogens with zero attached hydrogens (tertiary/aromatic N) is 1. The third-order valence-corrected chi connectivity index (χ3v) is 5.18. The second-order valence-corrected chi connectivity index (χ2v) is 7.27. The van der Waals surface area contributed by atoms with E-state index in [1.54, 1.807) is 30.3 Å². The van der Waals surface area contributed by atoms with Crippen LogP contribution in [-0.4, -0.2) is 26.1 Å². The molecule has 1 heterocycles. The Hall–Kier alpha value is -3.39. The molecule has 0 aliphatic rings. The molecule has 2 aromatic carbocycles. The monoisotopic (exact) mass is 384 g/mol. The maximum absolute atomic E-state index is 12.5. The van der Waals surface area contributed by atoms with Crippen LogP contribution < -0.4 is 10.3 Å². The van der Waals surface area contributed by atoms with Gasteiger partial charge in [-0.2, -0.15) is 0 Å². The van der Waals surface area contributed by atoms with Gasteiger partial charge in [0.2, 0.25) is 0 Å². The van der Waals surface area contributed by atoms with Crippen molar-refractivity contribution in [3.05, 3.63) is 88.8 Å². The van der Waals surface area contributed by atoms with Crippen molar-refractivity contribution in [2.24, 2.45) is 0 Å². The van der Waals surface area contributed by atoms with E-state index in [1.807, 2.05) is 0 Å². The zero-order chi connectivity index (χ0) is 19.4. The molecule has 0 aliphatic carbocycles. The van der Waals surface area contributed by atoms with Gasteiger partial charge in [0.25, 0.3) is 15.6 Å². The van der Waals surface area contributed by atoms with Crippen LogP contribution >= 0.6 is 0 Å². The number of rotatable bonds is 5. The van der Waals surface area contributed by atoms with Gasteiger partial charge >= 0.3 is 5.97 Å². The standard InChI is InChI=1S/C19H16N2O5S/c1-26-19(23)14-7-12-18(22)21(13-14)16-8-10-17(11-9-16)27(24,25)20-15-5-3-2-4-6-15/h2-13,20H,1H3. The zero-order valence-corrected chi connectivity index (χ0v) is 15.1. The fraction of sp³-hybridized carbons (Fsp3) is 0.0526. The van der Waals surface area contributed by atoms with Crippen molar-refractivity contribution < 1.29 is 17.9 Å². The predicted molar refractivity (Wildman–Crippen MR) is 101 cm³/mol. The maximum Gasteiger partial charge on any atom is 0.339 e. The first kappa shape index (κ1) is 18.4. The molecule has 8 heteroatoms. The van der Waals surface area contributed by atoms with E-state index in [1.165, 1.54) is 54.3 Å². The summed E-state index contributed by atoms with van der Waals surface area (Å²) >= 11 is 0. The van der Waals surface area contributed by atoms with Gasteiger partial charge in [-0.1, -0.05) is 18.2 Å². The Labute approximate surface area is 155 Å². The number of pyridine rings is 1. The molecule has 0 spiro atoms. The number of anilines is 1. The molecule has 1 N–H and O–H groups in total. The normalized spacial score (nSPS) is 11.0. The van der Waals surface area contributed by atoms with E-state index in [0.29, 0.717) is 11.4 Å². The van der Waals surface area contributed by atoms with Gasteiger partial charge in [0.05, 0.1) is 17.6 Å². The minimum atomic E-state index is -3.76. The number of benzene rings is 2. The molecule has 0 fully saturated rings. The number of carbonyl (C=O) groups excluding carboxylic acids is 1. The second-order valence-electron chi connectivity index (χ2n) is 5.58. The first-order chi connectivity index (χ1) is 12.9. The molecule has 0 unspecified atom stereocenters. The lowest BCUT2D eigenvalue weighted by Gasteiger charge is -2.10. The van der Waals surface area contributed by atoms with E-state index in [-0.39, 0.29) is 16.0 Å². The molecule has 138 valence electrons. The van der Waals surface area contributed by atoms with Crippen molar-refractivity contribution >= 4 is 21.7 Å². The van der Waals surface area contributed by atoms with E-state index in [4.69, 9.17) is 0 Å². The molecular formula is C19H16N2O5S. The highest BCUT2D eigenvalue weighted by Gasteiger charge is 2.15. The predicted octanol–water partition coefficient (Wildman–Crippen LogP) is 2.42. The van der Waals surface area contributed by atoms with Crippen molar-refractivity contribution in [3.8, 4) is 5.69 Å². The number of sulfonamides is 1. The van der Waals surface area contributed by atoms with Crippen LogP contribution in [0, 0.1) is 0 Å².